The number of carbonyl (C=O) groups excluding carboxylic acids is 1. The first-order valence-electron chi connectivity index (χ1n) is 8.89. The Kier molecular flexibility index (Phi) is 6.05. The lowest BCUT2D eigenvalue weighted by Gasteiger charge is -2.25. The molecule has 2 amide bonds. The first-order chi connectivity index (χ1) is 14.9. The first kappa shape index (κ1) is 23.0. The summed E-state index contributed by atoms with van der Waals surface area (Å²) in [6.07, 6.45) is -6.00. The molecule has 0 aliphatic rings. The summed E-state index contributed by atoms with van der Waals surface area (Å²) >= 11 is 0. The van der Waals surface area contributed by atoms with Crippen LogP contribution in [-0.2, 0) is 12.4 Å². The average Bonchev–Trinajstić information content (AvgIpc) is 3.22. The number of nitrogens with zero attached hydrogens (tertiary/aromatic N) is 6. The highest BCUT2D eigenvalue weighted by Gasteiger charge is 2.39. The Bertz CT molecular complexity index is 1100. The number of nitrogens with one attached hydrogen (secondary N) is 1. The van der Waals surface area contributed by atoms with Gasteiger partial charge in [-0.3, -0.25) is 0 Å². The second kappa shape index (κ2) is 8.43. The summed E-state index contributed by atoms with van der Waals surface area (Å²) in [5, 5.41) is 5.99. The molecule has 1 aromatic carbocycles. The Hall–Kier alpha value is -3.71. The van der Waals surface area contributed by atoms with Crippen LogP contribution in [0.25, 0.3) is 5.95 Å². The normalized spacial score (nSPS) is 13.0. The predicted molar refractivity (Wildman–Crippen MR) is 98.6 cm³/mol. The summed E-state index contributed by atoms with van der Waals surface area (Å²) < 4.78 is 79.7. The molecule has 0 unspecified atom stereocenters. The molecule has 0 radical (unpaired) electrons. The number of aromatic nitrogens is 5. The molecule has 3 aromatic rings. The van der Waals surface area contributed by atoms with Crippen LogP contribution in [0.5, 0.6) is 0 Å². The van der Waals surface area contributed by atoms with E-state index in [2.05, 4.69) is 20.1 Å². The van der Waals surface area contributed by atoms with Crippen LogP contribution < -0.4 is 5.32 Å². The van der Waals surface area contributed by atoms with Crippen molar-refractivity contribution in [2.24, 2.45) is 0 Å². The number of amides is 2. The third-order valence-corrected chi connectivity index (χ3v) is 4.48. The largest absolute Gasteiger partial charge is 0.418 e. The second-order valence-electron chi connectivity index (χ2n) is 6.55. The van der Waals surface area contributed by atoms with Gasteiger partial charge in [-0.05, 0) is 31.2 Å². The Morgan fingerprint density at radius 2 is 1.72 bits per heavy atom. The molecular formula is C18H15F6N7O. The SMILES string of the molecule is C[C@@H](c1ncnn1-c1ncccn1)N(C)C(=O)Nc1ccc(C(F)(F)F)cc1C(F)(F)F. The fourth-order valence-electron chi connectivity index (χ4n) is 2.71. The van der Waals surface area contributed by atoms with E-state index in [0.717, 1.165) is 4.90 Å². The van der Waals surface area contributed by atoms with Crippen LogP contribution >= 0.6 is 0 Å². The Balaban J connectivity index is 1.86. The predicted octanol–water partition coefficient (Wildman–Crippen LogP) is 4.32. The van der Waals surface area contributed by atoms with Gasteiger partial charge in [0.05, 0.1) is 22.9 Å². The summed E-state index contributed by atoms with van der Waals surface area (Å²) in [6.45, 7) is 1.53. The van der Waals surface area contributed by atoms with Gasteiger partial charge in [-0.15, -0.1) is 0 Å². The van der Waals surface area contributed by atoms with Crippen LogP contribution in [0.1, 0.15) is 29.9 Å². The van der Waals surface area contributed by atoms with E-state index in [9.17, 15) is 31.1 Å². The van der Waals surface area contributed by atoms with Crippen molar-refractivity contribution in [1.82, 2.24) is 29.6 Å². The molecule has 2 aromatic heterocycles. The van der Waals surface area contributed by atoms with Crippen LogP contribution in [0, 0.1) is 0 Å². The molecule has 0 aliphatic carbocycles. The molecule has 3 rings (SSSR count). The number of anilines is 1. The van der Waals surface area contributed by atoms with E-state index in [4.69, 9.17) is 0 Å². The van der Waals surface area contributed by atoms with Crippen molar-refractivity contribution in [3.05, 3.63) is 59.9 Å². The van der Waals surface area contributed by atoms with Crippen molar-refractivity contribution in [2.45, 2.75) is 25.3 Å². The quantitative estimate of drug-likeness (QED) is 0.587. The van der Waals surface area contributed by atoms with Gasteiger partial charge in [0.15, 0.2) is 5.82 Å². The smallest absolute Gasteiger partial charge is 0.318 e. The van der Waals surface area contributed by atoms with Gasteiger partial charge in [-0.1, -0.05) is 0 Å². The summed E-state index contributed by atoms with van der Waals surface area (Å²) in [7, 11) is 1.28. The van der Waals surface area contributed by atoms with Crippen molar-refractivity contribution in [3.8, 4) is 5.95 Å². The van der Waals surface area contributed by atoms with Crippen molar-refractivity contribution in [2.75, 3.05) is 12.4 Å². The molecule has 0 aliphatic heterocycles. The van der Waals surface area contributed by atoms with E-state index < -0.39 is 41.2 Å². The van der Waals surface area contributed by atoms with Gasteiger partial charge in [0.25, 0.3) is 5.95 Å². The minimum Gasteiger partial charge on any atom is -0.318 e. The summed E-state index contributed by atoms with van der Waals surface area (Å²) in [5.41, 5.74) is -3.93. The van der Waals surface area contributed by atoms with Gasteiger partial charge >= 0.3 is 18.4 Å². The highest BCUT2D eigenvalue weighted by Crippen LogP contribution is 2.39. The molecule has 0 spiro atoms. The van der Waals surface area contributed by atoms with Gasteiger partial charge in [-0.2, -0.15) is 36.1 Å². The third kappa shape index (κ3) is 4.78. The monoisotopic (exact) mass is 459 g/mol. The second-order valence-corrected chi connectivity index (χ2v) is 6.55. The maximum atomic E-state index is 13.3. The molecule has 32 heavy (non-hydrogen) atoms. The van der Waals surface area contributed by atoms with E-state index in [1.165, 1.54) is 37.4 Å². The fraction of sp³-hybridized carbons (Fsp3) is 0.278. The van der Waals surface area contributed by atoms with Gasteiger partial charge in [-0.25, -0.2) is 19.7 Å². The van der Waals surface area contributed by atoms with Crippen molar-refractivity contribution >= 4 is 11.7 Å². The fourth-order valence-corrected chi connectivity index (χ4v) is 2.71. The molecule has 0 bridgehead atoms. The number of urea groups is 1. The highest BCUT2D eigenvalue weighted by molar-refractivity contribution is 5.90. The zero-order chi connectivity index (χ0) is 23.7. The Morgan fingerprint density at radius 3 is 2.31 bits per heavy atom. The molecule has 0 saturated carbocycles. The highest BCUT2D eigenvalue weighted by atomic mass is 19.4. The number of hydrogen-bond acceptors (Lipinski definition) is 5. The molecule has 170 valence electrons. The van der Waals surface area contributed by atoms with Crippen LogP contribution in [0.4, 0.5) is 36.8 Å². The molecular weight excluding hydrogens is 444 g/mol. The maximum Gasteiger partial charge on any atom is 0.418 e. The van der Waals surface area contributed by atoms with Gasteiger partial charge in [0.1, 0.15) is 6.33 Å². The number of benzene rings is 1. The van der Waals surface area contributed by atoms with Crippen LogP contribution in [0.2, 0.25) is 0 Å². The lowest BCUT2D eigenvalue weighted by atomic mass is 10.1. The van der Waals surface area contributed by atoms with Crippen LogP contribution in [0.3, 0.4) is 0 Å². The van der Waals surface area contributed by atoms with E-state index in [1.54, 1.807) is 6.07 Å². The molecule has 1 atom stereocenters. The Labute approximate surface area is 176 Å². The molecule has 0 fully saturated rings. The molecule has 2 heterocycles. The zero-order valence-corrected chi connectivity index (χ0v) is 16.5. The number of halogens is 6. The molecule has 0 saturated heterocycles. The third-order valence-electron chi connectivity index (χ3n) is 4.48. The van der Waals surface area contributed by atoms with Gasteiger partial charge in [0, 0.05) is 19.4 Å². The molecule has 14 heteroatoms. The number of rotatable bonds is 4. The van der Waals surface area contributed by atoms with Crippen molar-refractivity contribution < 1.29 is 31.1 Å². The first-order valence-corrected chi connectivity index (χ1v) is 8.89. The minimum absolute atomic E-state index is 0.0532. The summed E-state index contributed by atoms with van der Waals surface area (Å²) in [4.78, 5) is 25.7. The molecule has 8 nitrogen and oxygen atoms in total. The number of hydrogen-bond donors (Lipinski definition) is 1. The topological polar surface area (TPSA) is 88.8 Å². The average molecular weight is 459 g/mol. The maximum absolute atomic E-state index is 13.3. The standard InChI is InChI=1S/C18H15F6N7O/c1-10(14-27-9-28-31(14)15-25-6-3-7-26-15)30(2)16(32)29-13-5-4-11(17(19,20)21)8-12(13)18(22,23)24/h3-10H,1-2H3,(H,29,32)/t10-/m0/s1. The lowest BCUT2D eigenvalue weighted by Crippen LogP contribution is -2.35. The summed E-state index contributed by atoms with van der Waals surface area (Å²) in [6, 6.07) is 0.713. The number of carbonyl (C=O) groups is 1. The number of alkyl halides is 6. The molecule has 1 N–H and O–H groups in total. The minimum atomic E-state index is -5.13. The summed E-state index contributed by atoms with van der Waals surface area (Å²) in [5.74, 6) is 0.361. The van der Waals surface area contributed by atoms with Crippen LogP contribution in [-0.4, -0.2) is 42.7 Å². The van der Waals surface area contributed by atoms with Crippen LogP contribution in [0.15, 0.2) is 43.0 Å². The van der Waals surface area contributed by atoms with Crippen molar-refractivity contribution in [3.63, 3.8) is 0 Å². The van der Waals surface area contributed by atoms with Gasteiger partial charge in [0.2, 0.25) is 0 Å². The van der Waals surface area contributed by atoms with E-state index in [0.29, 0.717) is 12.1 Å². The van der Waals surface area contributed by atoms with Gasteiger partial charge < -0.3 is 10.2 Å². The van der Waals surface area contributed by atoms with E-state index in [1.807, 2.05) is 5.32 Å². The van der Waals surface area contributed by atoms with Crippen molar-refractivity contribution in [1.29, 1.82) is 0 Å². The Morgan fingerprint density at radius 1 is 1.06 bits per heavy atom. The zero-order valence-electron chi connectivity index (χ0n) is 16.5. The van der Waals surface area contributed by atoms with E-state index >= 15 is 0 Å². The lowest BCUT2D eigenvalue weighted by molar-refractivity contribution is -0.142. The van der Waals surface area contributed by atoms with E-state index in [-0.39, 0.29) is 17.8 Å².